The van der Waals surface area contributed by atoms with Gasteiger partial charge in [0.15, 0.2) is 5.96 Å². The lowest BCUT2D eigenvalue weighted by atomic mass is 10.1. The van der Waals surface area contributed by atoms with E-state index in [0.717, 1.165) is 42.9 Å². The molecule has 1 atom stereocenters. The Morgan fingerprint density at radius 1 is 1.31 bits per heavy atom. The minimum atomic E-state index is 0. The summed E-state index contributed by atoms with van der Waals surface area (Å²) in [5.74, 6) is 1.75. The second kappa shape index (κ2) is 12.3. The highest BCUT2D eigenvalue weighted by Crippen LogP contribution is 2.27. The van der Waals surface area contributed by atoms with Crippen molar-refractivity contribution in [1.82, 2.24) is 20.5 Å². The third-order valence-electron chi connectivity index (χ3n) is 4.93. The molecule has 0 saturated carbocycles. The van der Waals surface area contributed by atoms with Crippen molar-refractivity contribution in [3.05, 3.63) is 45.9 Å². The van der Waals surface area contributed by atoms with Crippen molar-refractivity contribution in [2.45, 2.75) is 39.3 Å². The van der Waals surface area contributed by atoms with Crippen LogP contribution in [0.2, 0.25) is 0 Å². The summed E-state index contributed by atoms with van der Waals surface area (Å²) in [7, 11) is 1.72. The van der Waals surface area contributed by atoms with E-state index in [1.165, 1.54) is 23.3 Å². The lowest BCUT2D eigenvalue weighted by Gasteiger charge is -2.29. The average molecular weight is 529 g/mol. The van der Waals surface area contributed by atoms with Crippen molar-refractivity contribution >= 4 is 41.3 Å². The van der Waals surface area contributed by atoms with E-state index in [0.29, 0.717) is 12.6 Å². The number of benzene rings is 1. The molecule has 1 fully saturated rings. The molecule has 2 heterocycles. The highest BCUT2D eigenvalue weighted by atomic mass is 127. The fourth-order valence-corrected chi connectivity index (χ4v) is 4.25. The van der Waals surface area contributed by atoms with E-state index in [2.05, 4.69) is 45.6 Å². The molecule has 1 aromatic heterocycles. The summed E-state index contributed by atoms with van der Waals surface area (Å²) >= 11 is 1.70. The number of methoxy groups -OCH3 is 1. The van der Waals surface area contributed by atoms with Crippen molar-refractivity contribution in [2.75, 3.05) is 33.3 Å². The van der Waals surface area contributed by atoms with Crippen LogP contribution in [0.25, 0.3) is 0 Å². The molecule has 2 N–H and O–H groups in total. The number of guanidine groups is 1. The van der Waals surface area contributed by atoms with Crippen molar-refractivity contribution in [3.63, 3.8) is 0 Å². The Bertz CT molecular complexity index is 776. The molecule has 1 saturated heterocycles. The molecule has 160 valence electrons. The standard InChI is InChI=1S/C21H31N5OS.HI/c1-4-22-21(24-14-19-13-23-16(2)28-19)25-15-20(26-10-5-6-11-26)17-8-7-9-18(12-17)27-3;/h7-9,12-13,20H,4-6,10-11,14-15H2,1-3H3,(H2,22,24,25);1H. The first-order chi connectivity index (χ1) is 13.7. The molecule has 1 aliphatic heterocycles. The maximum absolute atomic E-state index is 5.44. The number of hydrogen-bond donors (Lipinski definition) is 2. The number of rotatable bonds is 8. The summed E-state index contributed by atoms with van der Waals surface area (Å²) in [5.41, 5.74) is 1.28. The van der Waals surface area contributed by atoms with Crippen LogP contribution in [0.5, 0.6) is 5.75 Å². The van der Waals surface area contributed by atoms with Gasteiger partial charge in [0.1, 0.15) is 5.75 Å². The Labute approximate surface area is 195 Å². The van der Waals surface area contributed by atoms with E-state index >= 15 is 0 Å². The lowest BCUT2D eigenvalue weighted by molar-refractivity contribution is 0.245. The number of ether oxygens (including phenoxy) is 1. The minimum Gasteiger partial charge on any atom is -0.497 e. The van der Waals surface area contributed by atoms with Gasteiger partial charge in [-0.15, -0.1) is 35.3 Å². The summed E-state index contributed by atoms with van der Waals surface area (Å²) in [5, 5.41) is 7.99. The number of hydrogen-bond acceptors (Lipinski definition) is 5. The molecule has 0 radical (unpaired) electrons. The van der Waals surface area contributed by atoms with Crippen LogP contribution in [0.1, 0.15) is 41.3 Å². The van der Waals surface area contributed by atoms with Gasteiger partial charge in [0, 0.05) is 24.2 Å². The second-order valence-corrected chi connectivity index (χ2v) is 8.28. The maximum atomic E-state index is 5.44. The van der Waals surface area contributed by atoms with Gasteiger partial charge in [0.2, 0.25) is 0 Å². The van der Waals surface area contributed by atoms with Crippen LogP contribution in [-0.2, 0) is 6.54 Å². The highest BCUT2D eigenvalue weighted by Gasteiger charge is 2.24. The van der Waals surface area contributed by atoms with Gasteiger partial charge in [-0.1, -0.05) is 12.1 Å². The third kappa shape index (κ3) is 7.11. The van der Waals surface area contributed by atoms with Gasteiger partial charge in [-0.2, -0.15) is 0 Å². The number of halogens is 1. The molecular weight excluding hydrogens is 497 g/mol. The van der Waals surface area contributed by atoms with E-state index in [1.54, 1.807) is 18.4 Å². The monoisotopic (exact) mass is 529 g/mol. The summed E-state index contributed by atoms with van der Waals surface area (Å²) in [6, 6.07) is 8.71. The van der Waals surface area contributed by atoms with E-state index in [9.17, 15) is 0 Å². The van der Waals surface area contributed by atoms with Crippen LogP contribution < -0.4 is 15.4 Å². The largest absolute Gasteiger partial charge is 0.497 e. The van der Waals surface area contributed by atoms with Crippen LogP contribution in [-0.4, -0.2) is 49.1 Å². The molecular formula is C21H32IN5OS. The molecule has 2 aromatic rings. The van der Waals surface area contributed by atoms with Crippen molar-refractivity contribution in [1.29, 1.82) is 0 Å². The van der Waals surface area contributed by atoms with Crippen molar-refractivity contribution < 1.29 is 4.74 Å². The predicted octanol–water partition coefficient (Wildman–Crippen LogP) is 3.97. The van der Waals surface area contributed by atoms with Crippen LogP contribution in [0, 0.1) is 6.92 Å². The zero-order chi connectivity index (χ0) is 19.8. The van der Waals surface area contributed by atoms with Gasteiger partial charge in [0.05, 0.1) is 24.7 Å². The molecule has 0 bridgehead atoms. The normalized spacial score (nSPS) is 15.6. The molecule has 6 nitrogen and oxygen atoms in total. The smallest absolute Gasteiger partial charge is 0.191 e. The number of nitrogens with zero attached hydrogens (tertiary/aromatic N) is 3. The Hall–Kier alpha value is -1.39. The number of aliphatic imine (C=N–C) groups is 1. The maximum Gasteiger partial charge on any atom is 0.191 e. The predicted molar refractivity (Wildman–Crippen MR) is 132 cm³/mol. The summed E-state index contributed by atoms with van der Waals surface area (Å²) < 4.78 is 5.44. The third-order valence-corrected chi connectivity index (χ3v) is 5.83. The summed E-state index contributed by atoms with van der Waals surface area (Å²) in [6.07, 6.45) is 4.44. The van der Waals surface area contributed by atoms with E-state index < -0.39 is 0 Å². The van der Waals surface area contributed by atoms with Gasteiger partial charge in [0.25, 0.3) is 0 Å². The van der Waals surface area contributed by atoms with Crippen LogP contribution in [0.3, 0.4) is 0 Å². The zero-order valence-electron chi connectivity index (χ0n) is 17.5. The van der Waals surface area contributed by atoms with E-state index in [1.807, 2.05) is 19.2 Å². The lowest BCUT2D eigenvalue weighted by Crippen LogP contribution is -2.42. The highest BCUT2D eigenvalue weighted by molar-refractivity contribution is 14.0. The quantitative estimate of drug-likeness (QED) is 0.308. The van der Waals surface area contributed by atoms with Gasteiger partial charge in [-0.05, 0) is 57.5 Å². The zero-order valence-corrected chi connectivity index (χ0v) is 20.6. The minimum absolute atomic E-state index is 0. The fourth-order valence-electron chi connectivity index (χ4n) is 3.53. The van der Waals surface area contributed by atoms with Gasteiger partial charge in [-0.25, -0.2) is 9.98 Å². The van der Waals surface area contributed by atoms with Gasteiger partial charge in [-0.3, -0.25) is 4.90 Å². The molecule has 1 aromatic carbocycles. The van der Waals surface area contributed by atoms with E-state index in [4.69, 9.17) is 9.73 Å². The first-order valence-electron chi connectivity index (χ1n) is 10.0. The second-order valence-electron chi connectivity index (χ2n) is 6.96. The molecule has 0 aliphatic carbocycles. The molecule has 3 rings (SSSR count). The van der Waals surface area contributed by atoms with Gasteiger partial charge >= 0.3 is 0 Å². The Morgan fingerprint density at radius 3 is 2.76 bits per heavy atom. The average Bonchev–Trinajstić information content (AvgIpc) is 3.38. The van der Waals surface area contributed by atoms with Crippen molar-refractivity contribution in [2.24, 2.45) is 4.99 Å². The molecule has 0 spiro atoms. The number of aromatic nitrogens is 1. The number of aryl methyl sites for hydroxylation is 1. The Morgan fingerprint density at radius 2 is 2.10 bits per heavy atom. The molecule has 29 heavy (non-hydrogen) atoms. The fraction of sp³-hybridized carbons (Fsp3) is 0.524. The summed E-state index contributed by atoms with van der Waals surface area (Å²) in [4.78, 5) is 12.8. The van der Waals surface area contributed by atoms with Crippen molar-refractivity contribution in [3.8, 4) is 5.75 Å². The molecule has 1 aliphatic rings. The first-order valence-corrected chi connectivity index (χ1v) is 10.8. The van der Waals surface area contributed by atoms with Crippen LogP contribution >= 0.6 is 35.3 Å². The van der Waals surface area contributed by atoms with E-state index in [-0.39, 0.29) is 24.0 Å². The first kappa shape index (κ1) is 23.9. The number of thiazole rings is 1. The molecule has 1 unspecified atom stereocenters. The van der Waals surface area contributed by atoms with Crippen LogP contribution in [0.15, 0.2) is 35.5 Å². The summed E-state index contributed by atoms with van der Waals surface area (Å²) in [6.45, 7) is 8.68. The Kier molecular flexibility index (Phi) is 10.2. The van der Waals surface area contributed by atoms with Gasteiger partial charge < -0.3 is 15.4 Å². The molecule has 0 amide bonds. The molecule has 8 heteroatoms. The SMILES string of the molecule is CCNC(=NCc1cnc(C)s1)NCC(c1cccc(OC)c1)N1CCCC1.I. The van der Waals surface area contributed by atoms with Crippen LogP contribution in [0.4, 0.5) is 0 Å². The number of nitrogens with one attached hydrogen (secondary N) is 2. The topological polar surface area (TPSA) is 61.8 Å². The Balaban J connectivity index is 0.00000300. The number of likely N-dealkylation sites (tertiary alicyclic amines) is 1.